The van der Waals surface area contributed by atoms with Gasteiger partial charge in [0, 0.05) is 108 Å². The maximum atomic E-state index is 12.4. The van der Waals surface area contributed by atoms with E-state index in [2.05, 4.69) is 171 Å². The molecule has 5 aliphatic heterocycles. The molecule has 0 bridgehead atoms. The van der Waals surface area contributed by atoms with Crippen molar-refractivity contribution in [1.82, 2.24) is 76.9 Å². The number of aromatic nitrogens is 5. The van der Waals surface area contributed by atoms with Crippen LogP contribution >= 0.6 is 0 Å². The number of nitrogens with zero attached hydrogens (tertiary/aromatic N) is 11. The van der Waals surface area contributed by atoms with E-state index in [-0.39, 0.29) is 103 Å². The van der Waals surface area contributed by atoms with Crippen molar-refractivity contribution in [2.24, 2.45) is 29.6 Å². The molecule has 20 rings (SSSR count). The van der Waals surface area contributed by atoms with Crippen molar-refractivity contribution in [2.45, 2.75) is 315 Å². The first-order valence-corrected chi connectivity index (χ1v) is 56.5. The SMILES string of the molecule is CCC1CCC(N2CC(NC(=O)CNc3noc4ccc(C)cc34)C2)CC1.CCCC1CCC(N2CC(NC(=O)CNc3noc4ccc(C)cc34)C2)CC1.Cc1ccc2onc(NCC(=O)NC3CN(C4CCC(C#N)CC4)C3)c2c1.Cc1ccc2onc(NCC(=O)NC3CN(C4CCC(C(C)C)CC4)C3)c2c1.Cc1ccc2onc(NCC(=O)NC3CN(C4CCC(O[Si](C)(C)C(C)(C)C)CC4)C3)c2c1. The fourth-order valence-electron chi connectivity index (χ4n) is 22.6. The van der Waals surface area contributed by atoms with Crippen molar-refractivity contribution in [3.63, 3.8) is 0 Å². The molecule has 5 saturated heterocycles. The summed E-state index contributed by atoms with van der Waals surface area (Å²) >= 11 is 0. The van der Waals surface area contributed by atoms with Gasteiger partial charge in [0.05, 0.1) is 95.9 Å². The summed E-state index contributed by atoms with van der Waals surface area (Å²) < 4.78 is 33.1. The zero-order valence-electron chi connectivity index (χ0n) is 87.2. The highest BCUT2D eigenvalue weighted by Gasteiger charge is 2.44. The zero-order chi connectivity index (χ0) is 101. The summed E-state index contributed by atoms with van der Waals surface area (Å²) in [6, 6.07) is 36.5. The lowest BCUT2D eigenvalue weighted by molar-refractivity contribution is -0.122. The number of nitriles is 1. The zero-order valence-corrected chi connectivity index (χ0v) is 88.2. The van der Waals surface area contributed by atoms with E-state index in [0.717, 1.165) is 217 Å². The van der Waals surface area contributed by atoms with E-state index in [0.29, 0.717) is 58.9 Å². The quantitative estimate of drug-likeness (QED) is 0.0180. The van der Waals surface area contributed by atoms with Gasteiger partial charge in [0.1, 0.15) is 0 Å². The van der Waals surface area contributed by atoms with E-state index < -0.39 is 8.32 Å². The van der Waals surface area contributed by atoms with Crippen LogP contribution in [0.3, 0.4) is 0 Å². The smallest absolute Gasteiger partial charge is 0.239 e. The summed E-state index contributed by atoms with van der Waals surface area (Å²) in [5.74, 6) is 6.94. The van der Waals surface area contributed by atoms with Crippen LogP contribution < -0.4 is 53.2 Å². The van der Waals surface area contributed by atoms with Crippen molar-refractivity contribution >= 4 is 122 Å². The normalized spacial score (nSPS) is 23.5. The number of nitrogens with one attached hydrogen (secondary N) is 10. The average Bonchev–Trinajstić information content (AvgIpc) is 1.19. The Morgan fingerprint density at radius 3 is 0.860 bits per heavy atom. The number of aryl methyl sites for hydroxylation is 5. The van der Waals surface area contributed by atoms with Gasteiger partial charge >= 0.3 is 0 Å². The van der Waals surface area contributed by atoms with Gasteiger partial charge in [-0.2, -0.15) is 5.26 Å². The minimum Gasteiger partial charge on any atom is -0.414 e. The molecule has 10 aliphatic rings. The van der Waals surface area contributed by atoms with E-state index in [1.807, 2.05) is 126 Å². The first-order valence-electron chi connectivity index (χ1n) is 53.6. The summed E-state index contributed by atoms with van der Waals surface area (Å²) in [5.41, 5.74) is 9.31. The van der Waals surface area contributed by atoms with Gasteiger partial charge in [-0.25, -0.2) is 0 Å². The Morgan fingerprint density at radius 2 is 0.622 bits per heavy atom. The van der Waals surface area contributed by atoms with Crippen LogP contribution in [0.5, 0.6) is 0 Å². The number of hydrogen-bond donors (Lipinski definition) is 10. The molecule has 0 radical (unpaired) electrons. The van der Waals surface area contributed by atoms with Gasteiger partial charge in [-0.05, 0) is 266 Å². The molecule has 10 fully saturated rings. The van der Waals surface area contributed by atoms with Gasteiger partial charge in [-0.3, -0.25) is 48.5 Å². The summed E-state index contributed by atoms with van der Waals surface area (Å²) in [5, 5.41) is 65.1. The van der Waals surface area contributed by atoms with Crippen molar-refractivity contribution in [3.05, 3.63) is 119 Å². The number of hydrogen-bond acceptors (Lipinski definition) is 27. The first kappa shape index (κ1) is 105. The standard InChI is InChI=1S/C25H40N4O3Si.2C22H32N4O2.C21H30N4O2.C20H25N5O2/c1-17-7-12-22-21(13-17)24(28-31-22)26-14-23(30)27-18-15-29(16-18)19-8-10-20(11-9-19)32-33(5,6)25(2,3)4;1-14(2)16-5-7-18(8-6-16)26-12-17(13-26)24-21(27)11-23-22-19-10-15(3)4-9-20(19)28-25-22;1-3-4-16-6-8-18(9-7-16)26-13-17(14-26)24-21(27)12-23-22-19-11-15(2)5-10-20(19)28-25-22;1-3-15-5-7-17(8-6-15)25-12-16(13-25)23-20(26)11-22-21-18-10-14(2)4-9-19(18)27-24-21;1-13-2-7-18-17(8-13)20(24-27-18)22-10-19(26)23-15-11-25(12-15)16-5-3-14(9-21)4-6-16/h7,12-13,18-20H,8-11,14-16H2,1-6H3,(H,26,28)(H,27,30);4,9-10,14,16-18H,5-8,11-13H2,1-3H3,(H,23,25)(H,24,27);5,10-11,16-18H,3-4,6-9,12-14H2,1-2H3,(H,23,25)(H,24,27);4,9-10,15-17H,3,5-8,11-13H2,1-2H3,(H,22,24)(H,23,26);2,7-8,14-16H,3-6,10-12H2,1H3,(H,22,24)(H,23,26). The molecule has 0 spiro atoms. The molecule has 10 N–H and O–H groups in total. The van der Waals surface area contributed by atoms with Crippen LogP contribution in [0.15, 0.2) is 114 Å². The summed E-state index contributed by atoms with van der Waals surface area (Å²) in [7, 11) is -1.69. The fourth-order valence-corrected chi connectivity index (χ4v) is 24.0. The molecular formula is C110H159N21O11Si. The Kier molecular flexibility index (Phi) is 35.7. The molecule has 10 aromatic rings. The molecule has 0 unspecified atom stereocenters. The van der Waals surface area contributed by atoms with Gasteiger partial charge in [-0.15, -0.1) is 0 Å². The van der Waals surface area contributed by atoms with E-state index in [1.54, 1.807) is 0 Å². The molecule has 774 valence electrons. The number of amides is 5. The molecule has 5 aromatic heterocycles. The second kappa shape index (κ2) is 48.5. The molecule has 0 atom stereocenters. The highest BCUT2D eigenvalue weighted by atomic mass is 28.4. The number of fused-ring (bicyclic) bond motifs is 5. The van der Waals surface area contributed by atoms with Crippen LogP contribution in [0.4, 0.5) is 29.1 Å². The van der Waals surface area contributed by atoms with Crippen molar-refractivity contribution < 1.29 is 51.0 Å². The van der Waals surface area contributed by atoms with Gasteiger partial charge in [0.25, 0.3) is 0 Å². The third-order valence-electron chi connectivity index (χ3n) is 32.5. The lowest BCUT2D eigenvalue weighted by atomic mass is 9.78. The fraction of sp³-hybridized carbons (Fsp3) is 0.627. The first-order chi connectivity index (χ1) is 68.9. The number of likely N-dealkylation sites (tertiary alicyclic amines) is 5. The highest BCUT2D eigenvalue weighted by molar-refractivity contribution is 6.74. The lowest BCUT2D eigenvalue weighted by Crippen LogP contribution is -2.63. The van der Waals surface area contributed by atoms with Crippen molar-refractivity contribution in [1.29, 1.82) is 5.26 Å². The maximum absolute atomic E-state index is 12.4. The van der Waals surface area contributed by atoms with E-state index in [9.17, 15) is 24.0 Å². The Bertz CT molecular complexity index is 5890. The third-order valence-corrected chi connectivity index (χ3v) is 37.1. The van der Waals surface area contributed by atoms with Crippen LogP contribution in [0.2, 0.25) is 18.1 Å². The summed E-state index contributed by atoms with van der Waals surface area (Å²) in [6.07, 6.45) is 29.4. The van der Waals surface area contributed by atoms with Crippen LogP contribution in [0.1, 0.15) is 224 Å². The van der Waals surface area contributed by atoms with E-state index in [4.69, 9.17) is 32.3 Å². The molecular weight excluding hydrogens is 1820 g/mol. The average molecular weight is 1980 g/mol. The Hall–Kier alpha value is -10.7. The molecule has 5 saturated carbocycles. The number of carbonyl (C=O) groups excluding carboxylic acids is 5. The molecule has 32 nitrogen and oxygen atoms in total. The van der Waals surface area contributed by atoms with Crippen molar-refractivity contribution in [3.8, 4) is 6.07 Å². The van der Waals surface area contributed by atoms with Gasteiger partial charge < -0.3 is 80.2 Å². The molecule has 143 heavy (non-hydrogen) atoms. The number of anilines is 5. The topological polar surface area (TPSA) is 385 Å². The minimum absolute atomic E-state index is 0.00469. The van der Waals surface area contributed by atoms with Crippen LogP contribution in [0, 0.1) is 75.5 Å². The third kappa shape index (κ3) is 28.1. The minimum atomic E-state index is -1.69. The maximum Gasteiger partial charge on any atom is 0.239 e. The number of benzene rings is 5. The Balaban J connectivity index is 0.000000129. The molecule has 33 heteroatoms. The van der Waals surface area contributed by atoms with E-state index >= 15 is 0 Å². The van der Waals surface area contributed by atoms with Gasteiger partial charge in [0.15, 0.2) is 65.3 Å². The molecule has 5 aromatic carbocycles. The monoisotopic (exact) mass is 1980 g/mol. The number of rotatable bonds is 31. The second-order valence-corrected chi connectivity index (χ2v) is 49.6. The van der Waals surface area contributed by atoms with Crippen molar-refractivity contribution in [2.75, 3.05) is 125 Å². The molecule has 5 amide bonds. The lowest BCUT2D eigenvalue weighted by Gasteiger charge is -2.48. The molecule has 10 heterocycles. The van der Waals surface area contributed by atoms with Gasteiger partial charge in [0.2, 0.25) is 29.5 Å². The van der Waals surface area contributed by atoms with Crippen LogP contribution in [-0.2, 0) is 28.4 Å². The predicted octanol–water partition coefficient (Wildman–Crippen LogP) is 17.7. The summed E-state index contributed by atoms with van der Waals surface area (Å²) in [4.78, 5) is 74.1. The van der Waals surface area contributed by atoms with Crippen LogP contribution in [-0.4, -0.2) is 253 Å². The Labute approximate surface area is 844 Å². The second-order valence-electron chi connectivity index (χ2n) is 44.8. The Morgan fingerprint density at radius 1 is 0.378 bits per heavy atom. The van der Waals surface area contributed by atoms with Gasteiger partial charge in [-0.1, -0.05) is 152 Å². The van der Waals surface area contributed by atoms with Crippen LogP contribution in [0.25, 0.3) is 54.8 Å². The number of carbonyl (C=O) groups is 5. The van der Waals surface area contributed by atoms with E-state index in [1.165, 1.54) is 109 Å². The highest BCUT2D eigenvalue weighted by Crippen LogP contribution is 2.42. The predicted molar refractivity (Wildman–Crippen MR) is 567 cm³/mol. The molecule has 5 aliphatic carbocycles. The largest absolute Gasteiger partial charge is 0.414 e. The summed E-state index contributed by atoms with van der Waals surface area (Å²) in [6.45, 7) is 41.6.